The monoisotopic (exact) mass is 265 g/mol. The molecule has 98 valence electrons. The quantitative estimate of drug-likeness (QED) is 0.889. The highest BCUT2D eigenvalue weighted by atomic mass is 32.2. The van der Waals surface area contributed by atoms with Crippen LogP contribution < -0.4 is 5.32 Å². The van der Waals surface area contributed by atoms with Crippen LogP contribution in [0.15, 0.2) is 18.2 Å². The Balaban J connectivity index is 2.15. The average molecular weight is 265 g/mol. The van der Waals surface area contributed by atoms with Gasteiger partial charge in [-0.2, -0.15) is 11.8 Å². The van der Waals surface area contributed by atoms with E-state index in [0.29, 0.717) is 5.69 Å². The van der Waals surface area contributed by atoms with Crippen molar-refractivity contribution in [3.05, 3.63) is 23.9 Å². The van der Waals surface area contributed by atoms with E-state index in [-0.39, 0.29) is 10.7 Å². The van der Waals surface area contributed by atoms with Crippen molar-refractivity contribution in [3.63, 3.8) is 0 Å². The number of nitrogens with one attached hydrogen (secondary N) is 1. The topological polar surface area (TPSA) is 45.2 Å². The van der Waals surface area contributed by atoms with Crippen molar-refractivity contribution in [2.45, 2.75) is 18.6 Å². The minimum atomic E-state index is 0.0282. The number of nitrogens with zero attached hydrogens (tertiary/aromatic N) is 2. The first-order valence-electron chi connectivity index (χ1n) is 6.10. The van der Waals surface area contributed by atoms with Crippen LogP contribution in [0.25, 0.3) is 0 Å². The van der Waals surface area contributed by atoms with Crippen molar-refractivity contribution < 1.29 is 4.79 Å². The number of aromatic nitrogens is 1. The largest absolute Gasteiger partial charge is 0.373 e. The van der Waals surface area contributed by atoms with Gasteiger partial charge in [0.25, 0.3) is 5.91 Å². The van der Waals surface area contributed by atoms with Crippen LogP contribution in [0.4, 0.5) is 5.82 Å². The van der Waals surface area contributed by atoms with E-state index >= 15 is 0 Å². The zero-order chi connectivity index (χ0) is 13.2. The molecule has 2 rings (SSSR count). The predicted molar refractivity (Wildman–Crippen MR) is 76.2 cm³/mol. The third-order valence-corrected chi connectivity index (χ3v) is 4.23. The molecule has 5 heteroatoms. The predicted octanol–water partition coefficient (Wildman–Crippen LogP) is 2.09. The zero-order valence-electron chi connectivity index (χ0n) is 11.1. The highest BCUT2D eigenvalue weighted by Gasteiger charge is 2.30. The summed E-state index contributed by atoms with van der Waals surface area (Å²) in [5.41, 5.74) is 0.518. The standard InChI is InChI=1S/C13H19N3OS/c1-13(2)9-16(7-8-18-13)12(17)10-5-4-6-11(14-3)15-10/h4-6H,7-9H2,1-3H3,(H,14,15). The van der Waals surface area contributed by atoms with Crippen LogP contribution in [0.1, 0.15) is 24.3 Å². The second-order valence-corrected chi connectivity index (χ2v) is 6.80. The van der Waals surface area contributed by atoms with Crippen molar-refractivity contribution in [3.8, 4) is 0 Å². The molecule has 0 bridgehead atoms. The lowest BCUT2D eigenvalue weighted by Gasteiger charge is -2.37. The lowest BCUT2D eigenvalue weighted by molar-refractivity contribution is 0.0742. The van der Waals surface area contributed by atoms with Gasteiger partial charge in [0.05, 0.1) is 0 Å². The average Bonchev–Trinajstić information content (AvgIpc) is 2.37. The summed E-state index contributed by atoms with van der Waals surface area (Å²) in [5, 5.41) is 2.96. The third-order valence-electron chi connectivity index (χ3n) is 2.94. The van der Waals surface area contributed by atoms with Gasteiger partial charge in [0, 0.05) is 30.6 Å². The molecule has 1 fully saturated rings. The maximum atomic E-state index is 12.4. The summed E-state index contributed by atoms with van der Waals surface area (Å²) in [6.45, 7) is 5.93. The molecule has 0 saturated carbocycles. The van der Waals surface area contributed by atoms with Crippen LogP contribution in [0.3, 0.4) is 0 Å². The summed E-state index contributed by atoms with van der Waals surface area (Å²) >= 11 is 1.92. The van der Waals surface area contributed by atoms with Crippen molar-refractivity contribution in [1.82, 2.24) is 9.88 Å². The molecule has 1 aliphatic rings. The molecule has 2 heterocycles. The fraction of sp³-hybridized carbons (Fsp3) is 0.538. The molecule has 0 atom stereocenters. The Morgan fingerprint density at radius 3 is 2.94 bits per heavy atom. The van der Waals surface area contributed by atoms with E-state index in [2.05, 4.69) is 24.1 Å². The number of hydrogen-bond acceptors (Lipinski definition) is 4. The van der Waals surface area contributed by atoms with Gasteiger partial charge in [0.15, 0.2) is 0 Å². The first-order valence-corrected chi connectivity index (χ1v) is 7.08. The lowest BCUT2D eigenvalue weighted by Crippen LogP contribution is -2.46. The molecule has 1 aromatic heterocycles. The van der Waals surface area contributed by atoms with Crippen LogP contribution in [0.5, 0.6) is 0 Å². The molecule has 1 aliphatic heterocycles. The SMILES string of the molecule is CNc1cccc(C(=O)N2CCSC(C)(C)C2)n1. The van der Waals surface area contributed by atoms with Gasteiger partial charge in [-0.15, -0.1) is 0 Å². The van der Waals surface area contributed by atoms with Gasteiger partial charge in [-0.25, -0.2) is 4.98 Å². The Kier molecular flexibility index (Phi) is 3.80. The van der Waals surface area contributed by atoms with E-state index in [9.17, 15) is 4.79 Å². The molecule has 0 aliphatic carbocycles. The van der Waals surface area contributed by atoms with Crippen LogP contribution in [0.2, 0.25) is 0 Å². The van der Waals surface area contributed by atoms with Gasteiger partial charge >= 0.3 is 0 Å². The van der Waals surface area contributed by atoms with E-state index in [0.717, 1.165) is 24.7 Å². The third kappa shape index (κ3) is 2.96. The molecule has 0 radical (unpaired) electrons. The second kappa shape index (κ2) is 5.18. The van der Waals surface area contributed by atoms with Crippen molar-refractivity contribution in [1.29, 1.82) is 0 Å². The van der Waals surface area contributed by atoms with E-state index in [1.807, 2.05) is 28.8 Å². The lowest BCUT2D eigenvalue weighted by atomic mass is 10.1. The maximum absolute atomic E-state index is 12.4. The fourth-order valence-electron chi connectivity index (χ4n) is 2.04. The van der Waals surface area contributed by atoms with E-state index < -0.39 is 0 Å². The van der Waals surface area contributed by atoms with Gasteiger partial charge in [-0.1, -0.05) is 6.07 Å². The van der Waals surface area contributed by atoms with E-state index in [1.165, 1.54) is 0 Å². The highest BCUT2D eigenvalue weighted by molar-refractivity contribution is 8.00. The molecular formula is C13H19N3OS. The zero-order valence-corrected chi connectivity index (χ0v) is 11.9. The Hall–Kier alpha value is -1.23. The van der Waals surface area contributed by atoms with Crippen molar-refractivity contribution in [2.24, 2.45) is 0 Å². The number of amides is 1. The molecule has 1 amide bonds. The Morgan fingerprint density at radius 1 is 1.50 bits per heavy atom. The summed E-state index contributed by atoms with van der Waals surface area (Å²) in [7, 11) is 1.80. The molecule has 0 aromatic carbocycles. The number of hydrogen-bond donors (Lipinski definition) is 1. The van der Waals surface area contributed by atoms with E-state index in [1.54, 1.807) is 13.1 Å². The van der Waals surface area contributed by atoms with Crippen LogP contribution in [-0.4, -0.2) is 46.4 Å². The molecule has 18 heavy (non-hydrogen) atoms. The first kappa shape index (κ1) is 13.2. The van der Waals surface area contributed by atoms with Crippen molar-refractivity contribution in [2.75, 3.05) is 31.2 Å². The van der Waals surface area contributed by atoms with Crippen LogP contribution >= 0.6 is 11.8 Å². The highest BCUT2D eigenvalue weighted by Crippen LogP contribution is 2.30. The first-order chi connectivity index (χ1) is 8.52. The number of pyridine rings is 1. The molecule has 0 spiro atoms. The molecule has 1 N–H and O–H groups in total. The fourth-order valence-corrected chi connectivity index (χ4v) is 3.16. The van der Waals surface area contributed by atoms with Crippen LogP contribution in [0, 0.1) is 0 Å². The summed E-state index contributed by atoms with van der Waals surface area (Å²) in [6, 6.07) is 5.49. The maximum Gasteiger partial charge on any atom is 0.272 e. The molecule has 1 saturated heterocycles. The van der Waals surface area contributed by atoms with Gasteiger partial charge in [0.1, 0.15) is 11.5 Å². The minimum absolute atomic E-state index is 0.0282. The molecule has 0 unspecified atom stereocenters. The van der Waals surface area contributed by atoms with E-state index in [4.69, 9.17) is 0 Å². The summed E-state index contributed by atoms with van der Waals surface area (Å²) in [4.78, 5) is 18.6. The second-order valence-electron chi connectivity index (χ2n) is 4.99. The molecule has 4 nitrogen and oxygen atoms in total. The summed E-state index contributed by atoms with van der Waals surface area (Å²) in [6.07, 6.45) is 0. The van der Waals surface area contributed by atoms with Crippen molar-refractivity contribution >= 4 is 23.5 Å². The Bertz CT molecular complexity index is 448. The van der Waals surface area contributed by atoms with Gasteiger partial charge < -0.3 is 10.2 Å². The van der Waals surface area contributed by atoms with Gasteiger partial charge in [-0.3, -0.25) is 4.79 Å². The van der Waals surface area contributed by atoms with Gasteiger partial charge in [-0.05, 0) is 26.0 Å². The normalized spacial score (nSPS) is 18.5. The number of anilines is 1. The van der Waals surface area contributed by atoms with Gasteiger partial charge in [0.2, 0.25) is 0 Å². The number of carbonyl (C=O) groups is 1. The Morgan fingerprint density at radius 2 is 2.28 bits per heavy atom. The molecule has 1 aromatic rings. The van der Waals surface area contributed by atoms with Crippen LogP contribution in [-0.2, 0) is 0 Å². The summed E-state index contributed by atoms with van der Waals surface area (Å²) in [5.74, 6) is 1.75. The minimum Gasteiger partial charge on any atom is -0.373 e. The smallest absolute Gasteiger partial charge is 0.272 e. The Labute approximate surface area is 112 Å². The molecular weight excluding hydrogens is 246 g/mol. The number of carbonyl (C=O) groups excluding carboxylic acids is 1. The number of rotatable bonds is 2. The summed E-state index contributed by atoms with van der Waals surface area (Å²) < 4.78 is 0.133. The number of thioether (sulfide) groups is 1.